The number of allylic oxidation sites excluding steroid dienone is 6. The fraction of sp³-hybridized carbons (Fsp3) is 0.221. The molecule has 3 heteroatoms. The Morgan fingerprint density at radius 2 is 0.603 bits per heavy atom. The minimum atomic E-state index is 0.429. The van der Waals surface area contributed by atoms with Crippen molar-refractivity contribution in [2.75, 3.05) is 21.2 Å². The topological polar surface area (TPSA) is 9.72 Å². The van der Waals surface area contributed by atoms with Gasteiger partial charge in [-0.15, -0.1) is 0 Å². The summed E-state index contributed by atoms with van der Waals surface area (Å²) in [5.41, 5.74) is 47.0. The first-order chi connectivity index (χ1) is 56.9. The molecule has 0 amide bonds. The SMILES string of the molecule is CC1=Cc2c(-c3cccc4ccccc34)cccc2C1CC1C(C)=Cc2c1cccc2N1CCCc2ccccc21.CC1=Cc2c(-c3ccccc3)cccc2C1CC1C(C)=Cc2c1cccc2N1c2ccccc2CC1C.CC1=Cc2c(-c3ccccc3)cccc2C1CC1C(C)=Cc2c1cccc2N1c2ccccc2CCC1C. The van der Waals surface area contributed by atoms with Gasteiger partial charge < -0.3 is 14.7 Å². The van der Waals surface area contributed by atoms with Gasteiger partial charge in [-0.2, -0.15) is 0 Å². The van der Waals surface area contributed by atoms with Crippen LogP contribution < -0.4 is 14.7 Å². The number of fused-ring (bicyclic) bond motifs is 10. The van der Waals surface area contributed by atoms with Gasteiger partial charge in [-0.3, -0.25) is 0 Å². The molecule has 3 nitrogen and oxygen atoms in total. The molecule has 0 saturated carbocycles. The lowest BCUT2D eigenvalue weighted by molar-refractivity contribution is 0.616. The van der Waals surface area contributed by atoms with Gasteiger partial charge in [0, 0.05) is 105 Å². The molecule has 116 heavy (non-hydrogen) atoms. The molecule has 0 spiro atoms. The van der Waals surface area contributed by atoms with Gasteiger partial charge >= 0.3 is 0 Å². The summed E-state index contributed by atoms with van der Waals surface area (Å²) in [7, 11) is 0. The zero-order chi connectivity index (χ0) is 78.4. The largest absolute Gasteiger partial charge is 0.341 e. The molecule has 13 aromatic carbocycles. The van der Waals surface area contributed by atoms with Crippen LogP contribution in [0.5, 0.6) is 0 Å². The summed E-state index contributed by atoms with van der Waals surface area (Å²) in [5, 5.41) is 2.63. The maximum Gasteiger partial charge on any atom is 0.0490 e. The maximum atomic E-state index is 2.60. The summed E-state index contributed by atoms with van der Waals surface area (Å²) in [6, 6.07) is 107. The van der Waals surface area contributed by atoms with E-state index in [9.17, 15) is 0 Å². The fourth-order valence-electron chi connectivity index (χ4n) is 22.1. The Hall–Kier alpha value is -12.0. The Kier molecular flexibility index (Phi) is 19.0. The van der Waals surface area contributed by atoms with Crippen LogP contribution in [0.2, 0.25) is 0 Å². The van der Waals surface area contributed by atoms with E-state index in [1.165, 1.54) is 214 Å². The summed E-state index contributed by atoms with van der Waals surface area (Å²) < 4.78 is 0. The van der Waals surface area contributed by atoms with Crippen molar-refractivity contribution in [3.63, 3.8) is 0 Å². The van der Waals surface area contributed by atoms with Crippen LogP contribution in [-0.4, -0.2) is 18.6 Å². The predicted molar refractivity (Wildman–Crippen MR) is 495 cm³/mol. The highest BCUT2D eigenvalue weighted by Crippen LogP contribution is 2.57. The third-order valence-corrected chi connectivity index (χ3v) is 27.9. The smallest absolute Gasteiger partial charge is 0.0490 e. The number of benzene rings is 13. The molecule has 0 saturated heterocycles. The molecule has 13 aromatic rings. The van der Waals surface area contributed by atoms with Crippen LogP contribution in [0.4, 0.5) is 34.1 Å². The van der Waals surface area contributed by atoms with E-state index >= 15 is 0 Å². The molecule has 0 fully saturated rings. The summed E-state index contributed by atoms with van der Waals surface area (Å²) >= 11 is 0. The second-order valence-corrected chi connectivity index (χ2v) is 34.7. The maximum absolute atomic E-state index is 2.60. The first-order valence-electron chi connectivity index (χ1n) is 42.9. The van der Waals surface area contributed by atoms with Crippen molar-refractivity contribution in [1.82, 2.24) is 0 Å². The van der Waals surface area contributed by atoms with Crippen molar-refractivity contribution < 1.29 is 0 Å². The van der Waals surface area contributed by atoms with Crippen molar-refractivity contribution >= 4 is 81.4 Å². The minimum Gasteiger partial charge on any atom is -0.341 e. The molecule has 0 bridgehead atoms. The lowest BCUT2D eigenvalue weighted by Crippen LogP contribution is -2.33. The van der Waals surface area contributed by atoms with E-state index in [1.54, 1.807) is 0 Å². The van der Waals surface area contributed by atoms with Crippen LogP contribution >= 0.6 is 0 Å². The molecule has 8 unspecified atom stereocenters. The van der Waals surface area contributed by atoms with Crippen molar-refractivity contribution in [1.29, 1.82) is 0 Å². The van der Waals surface area contributed by atoms with Crippen LogP contribution in [0, 0.1) is 0 Å². The first-order valence-corrected chi connectivity index (χ1v) is 42.9. The second-order valence-electron chi connectivity index (χ2n) is 34.7. The van der Waals surface area contributed by atoms with Crippen molar-refractivity contribution in [3.05, 3.63) is 402 Å². The van der Waals surface area contributed by atoms with Crippen molar-refractivity contribution in [2.45, 2.75) is 154 Å². The number of para-hydroxylation sites is 3. The zero-order valence-corrected chi connectivity index (χ0v) is 68.4. The van der Waals surface area contributed by atoms with Crippen LogP contribution in [0.1, 0.15) is 206 Å². The van der Waals surface area contributed by atoms with Gasteiger partial charge in [-0.05, 0) is 254 Å². The molecule has 3 heterocycles. The van der Waals surface area contributed by atoms with Gasteiger partial charge in [0.05, 0.1) is 0 Å². The molecule has 0 radical (unpaired) electrons. The van der Waals surface area contributed by atoms with E-state index in [0.717, 1.165) is 38.6 Å². The number of anilines is 6. The van der Waals surface area contributed by atoms with Crippen LogP contribution in [0.25, 0.3) is 80.6 Å². The standard InChI is InChI=1S/C40H35N.C37H35N.C36H33N/c1-26-23-37-32(31-16-7-13-28-11-3-5-15-30(28)31)17-8-18-33(37)35(26)25-36-27(2)24-38-34(36)19-9-21-40(38)41-22-10-14-29-12-4-6-20-39(29)41;1-24-21-34-29(27-11-5-4-6-12-27)14-9-15-30(34)32(24)23-33-25(2)22-35-31(33)16-10-18-37(35)38-26(3)19-20-28-13-7-8-17-36(28)38;1-23-19-33-28(26-11-5-4-6-12-26)14-9-15-29(33)31(23)22-32-24(2)20-34-30(32)16-10-18-36(34)37-25(3)21-27-13-7-8-17-35(27)37/h3-9,11-13,15-21,23-24,35-36H,10,14,22,25H2,1-2H3;4-18,21-22,26,32-33H,19-20,23H2,1-3H3;4-20,25,31-32H,21-22H2,1-3H3. The number of nitrogens with zero attached hydrogens (tertiary/aromatic N) is 3. The van der Waals surface area contributed by atoms with Gasteiger partial charge in [0.25, 0.3) is 0 Å². The molecule has 3 aliphatic heterocycles. The Morgan fingerprint density at radius 3 is 1.11 bits per heavy atom. The van der Waals surface area contributed by atoms with E-state index in [4.69, 9.17) is 0 Å². The molecule has 0 N–H and O–H groups in total. The zero-order valence-electron chi connectivity index (χ0n) is 68.4. The Labute approximate surface area is 687 Å². The third-order valence-electron chi connectivity index (χ3n) is 27.9. The van der Waals surface area contributed by atoms with E-state index < -0.39 is 0 Å². The number of hydrogen-bond donors (Lipinski definition) is 0. The van der Waals surface area contributed by atoms with E-state index in [2.05, 4.69) is 392 Å². The lowest BCUT2D eigenvalue weighted by atomic mass is 9.81. The fourth-order valence-corrected chi connectivity index (χ4v) is 22.1. The number of hydrogen-bond acceptors (Lipinski definition) is 3. The van der Waals surface area contributed by atoms with Gasteiger partial charge in [-0.25, -0.2) is 0 Å². The molecule has 22 rings (SSSR count). The average molecular weight is 1500 g/mol. The molecular formula is C113H103N3. The normalized spacial score (nSPS) is 20.6. The number of rotatable bonds is 12. The number of aryl methyl sites for hydroxylation is 2. The highest BCUT2D eigenvalue weighted by molar-refractivity contribution is 6.00. The molecule has 9 aliphatic rings. The van der Waals surface area contributed by atoms with Crippen LogP contribution in [-0.2, 0) is 19.3 Å². The van der Waals surface area contributed by atoms with E-state index in [1.807, 2.05) is 0 Å². The highest BCUT2D eigenvalue weighted by atomic mass is 15.2. The van der Waals surface area contributed by atoms with Crippen LogP contribution in [0.3, 0.4) is 0 Å². The predicted octanol–water partition coefficient (Wildman–Crippen LogP) is 30.1. The van der Waals surface area contributed by atoms with Crippen LogP contribution in [0.15, 0.2) is 319 Å². The molecule has 0 aromatic heterocycles. The van der Waals surface area contributed by atoms with Gasteiger partial charge in [0.15, 0.2) is 0 Å². The van der Waals surface area contributed by atoms with E-state index in [0.29, 0.717) is 47.6 Å². The highest BCUT2D eigenvalue weighted by Gasteiger charge is 2.39. The summed E-state index contributed by atoms with van der Waals surface area (Å²) in [5.74, 6) is 2.66. The van der Waals surface area contributed by atoms with Crippen molar-refractivity contribution in [3.8, 4) is 33.4 Å². The Balaban J connectivity index is 0.000000112. The first kappa shape index (κ1) is 72.9. The minimum absolute atomic E-state index is 0.429. The second kappa shape index (κ2) is 30.3. The molecule has 570 valence electrons. The summed E-state index contributed by atoms with van der Waals surface area (Å²) in [4.78, 5) is 7.74. The third kappa shape index (κ3) is 12.8. The molecular weight excluding hydrogens is 1400 g/mol. The van der Waals surface area contributed by atoms with Gasteiger partial charge in [-0.1, -0.05) is 319 Å². The lowest BCUT2D eigenvalue weighted by Gasteiger charge is -2.38. The van der Waals surface area contributed by atoms with E-state index in [-0.39, 0.29) is 0 Å². The average Bonchev–Trinajstić information content (AvgIpc) is 1.59. The Morgan fingerprint density at radius 1 is 0.267 bits per heavy atom. The Bertz CT molecular complexity index is 6240. The molecule has 6 aliphatic carbocycles. The van der Waals surface area contributed by atoms with Crippen molar-refractivity contribution in [2.24, 2.45) is 0 Å². The monoisotopic (exact) mass is 1500 g/mol. The molecule has 8 atom stereocenters. The van der Waals surface area contributed by atoms with Gasteiger partial charge in [0.1, 0.15) is 0 Å². The quantitative estimate of drug-likeness (QED) is 0.121. The summed E-state index contributed by atoms with van der Waals surface area (Å²) in [6.07, 6.45) is 24.0. The summed E-state index contributed by atoms with van der Waals surface area (Å²) in [6.45, 7) is 19.9. The van der Waals surface area contributed by atoms with Gasteiger partial charge in [0.2, 0.25) is 0 Å².